The maximum absolute atomic E-state index is 13.4. The van der Waals surface area contributed by atoms with Crippen LogP contribution in [0.25, 0.3) is 0 Å². The van der Waals surface area contributed by atoms with Crippen molar-refractivity contribution in [1.82, 2.24) is 9.47 Å². The van der Waals surface area contributed by atoms with Crippen molar-refractivity contribution in [3.63, 3.8) is 0 Å². The van der Waals surface area contributed by atoms with Crippen LogP contribution in [0, 0.1) is 29.6 Å². The summed E-state index contributed by atoms with van der Waals surface area (Å²) in [6.07, 6.45) is 6.44. The van der Waals surface area contributed by atoms with E-state index < -0.39 is 5.91 Å². The van der Waals surface area contributed by atoms with E-state index in [-0.39, 0.29) is 17.5 Å². The number of aromatic nitrogens is 1. The number of hydrogen-bond acceptors (Lipinski definition) is 2. The van der Waals surface area contributed by atoms with Gasteiger partial charge < -0.3 is 20.5 Å². The van der Waals surface area contributed by atoms with Gasteiger partial charge in [-0.25, -0.2) is 4.79 Å². The van der Waals surface area contributed by atoms with Gasteiger partial charge in [0.05, 0.1) is 5.69 Å². The molecule has 184 valence electrons. The van der Waals surface area contributed by atoms with Gasteiger partial charge in [-0.1, -0.05) is 63.9 Å². The molecule has 0 aliphatic heterocycles. The van der Waals surface area contributed by atoms with Crippen LogP contribution in [0.4, 0.5) is 10.5 Å². The van der Waals surface area contributed by atoms with Crippen LogP contribution in [-0.4, -0.2) is 34.5 Å². The molecule has 4 rings (SSSR count). The molecule has 0 bridgehead atoms. The predicted octanol–water partition coefficient (Wildman–Crippen LogP) is 5.65. The van der Waals surface area contributed by atoms with Gasteiger partial charge in [0.2, 0.25) is 0 Å². The topological polar surface area (TPSA) is 80.4 Å². The van der Waals surface area contributed by atoms with E-state index in [4.69, 9.17) is 5.73 Å². The highest BCUT2D eigenvalue weighted by Gasteiger charge is 2.78. The average Bonchev–Trinajstić information content (AvgIpc) is 3.03. The predicted molar refractivity (Wildman–Crippen MR) is 137 cm³/mol. The van der Waals surface area contributed by atoms with E-state index in [1.165, 1.54) is 24.8 Å². The fourth-order valence-electron chi connectivity index (χ4n) is 7.64. The molecular weight excluding hydrogens is 424 g/mol. The zero-order chi connectivity index (χ0) is 24.8. The molecule has 1 heterocycles. The van der Waals surface area contributed by atoms with E-state index in [1.807, 2.05) is 47.7 Å². The Labute approximate surface area is 203 Å². The third-order valence-corrected chi connectivity index (χ3v) is 8.82. The van der Waals surface area contributed by atoms with E-state index in [0.717, 1.165) is 12.0 Å². The van der Waals surface area contributed by atoms with Crippen LogP contribution in [0.3, 0.4) is 0 Å². The minimum Gasteiger partial charge on any atom is -0.364 e. The van der Waals surface area contributed by atoms with Crippen molar-refractivity contribution in [3.05, 3.63) is 53.3 Å². The van der Waals surface area contributed by atoms with Gasteiger partial charge in [0, 0.05) is 31.2 Å². The first kappa shape index (κ1) is 24.4. The number of fused-ring (bicyclic) bond motifs is 1. The lowest BCUT2D eigenvalue weighted by atomic mass is 9.84. The number of carbonyl (C=O) groups excluding carboxylic acids is 2. The summed E-state index contributed by atoms with van der Waals surface area (Å²) in [4.78, 5) is 27.4. The van der Waals surface area contributed by atoms with Gasteiger partial charge in [0.1, 0.15) is 5.69 Å². The summed E-state index contributed by atoms with van der Waals surface area (Å²) in [5, 5.41) is 3.04. The Balaban J connectivity index is 1.53. The van der Waals surface area contributed by atoms with Gasteiger partial charge in [0.15, 0.2) is 0 Å². The molecular formula is C28H40N4O2. The summed E-state index contributed by atoms with van der Waals surface area (Å²) in [6.45, 7) is 11.8. The normalized spacial score (nSPS) is 26.3. The number of amides is 3. The van der Waals surface area contributed by atoms with Crippen LogP contribution < -0.4 is 11.1 Å². The minimum atomic E-state index is -0.509. The summed E-state index contributed by atoms with van der Waals surface area (Å²) in [5.74, 6) is 0.765. The molecule has 34 heavy (non-hydrogen) atoms. The number of nitrogens with two attached hydrogens (primary N) is 1. The fraction of sp³-hybridized carbons (Fsp3) is 0.571. The number of aryl methyl sites for hydroxylation is 1. The van der Waals surface area contributed by atoms with E-state index in [2.05, 4.69) is 33.0 Å². The summed E-state index contributed by atoms with van der Waals surface area (Å²) in [7, 11) is 1.92. The number of hydrogen-bond donors (Lipinski definition) is 2. The van der Waals surface area contributed by atoms with Crippen molar-refractivity contribution in [2.75, 3.05) is 12.4 Å². The minimum absolute atomic E-state index is 0.131. The molecule has 2 aliphatic rings. The smallest absolute Gasteiger partial charge is 0.321 e. The fourth-order valence-corrected chi connectivity index (χ4v) is 7.64. The number of anilines is 1. The maximum atomic E-state index is 13.4. The van der Waals surface area contributed by atoms with Gasteiger partial charge in [-0.2, -0.15) is 0 Å². The molecule has 1 aromatic carbocycles. The van der Waals surface area contributed by atoms with E-state index in [9.17, 15) is 9.59 Å². The second-order valence-electron chi connectivity index (χ2n) is 11.1. The molecule has 3 amide bonds. The van der Waals surface area contributed by atoms with Crippen LogP contribution in [0.15, 0.2) is 36.5 Å². The monoisotopic (exact) mass is 464 g/mol. The number of rotatable bonds is 8. The first-order valence-electron chi connectivity index (χ1n) is 12.6. The zero-order valence-corrected chi connectivity index (χ0v) is 21.5. The zero-order valence-electron chi connectivity index (χ0n) is 21.5. The van der Waals surface area contributed by atoms with E-state index in [1.54, 1.807) is 12.3 Å². The van der Waals surface area contributed by atoms with Crippen molar-refractivity contribution in [2.24, 2.45) is 28.4 Å². The Hall–Kier alpha value is -2.76. The average molecular weight is 465 g/mol. The molecule has 4 atom stereocenters. The van der Waals surface area contributed by atoms with E-state index >= 15 is 0 Å². The van der Waals surface area contributed by atoms with Gasteiger partial charge in [-0.05, 0) is 55.1 Å². The highest BCUT2D eigenvalue weighted by atomic mass is 16.2. The first-order chi connectivity index (χ1) is 16.0. The first-order valence-corrected chi connectivity index (χ1v) is 12.6. The van der Waals surface area contributed by atoms with Crippen molar-refractivity contribution in [2.45, 2.75) is 72.9 Å². The Bertz CT molecular complexity index is 1070. The molecule has 0 spiro atoms. The summed E-state index contributed by atoms with van der Waals surface area (Å²) >= 11 is 0. The van der Waals surface area contributed by atoms with Crippen LogP contribution in [-0.2, 0) is 6.54 Å². The molecule has 2 fully saturated rings. The number of nitrogens with one attached hydrogen (secondary N) is 1. The van der Waals surface area contributed by atoms with E-state index in [0.29, 0.717) is 35.2 Å². The second-order valence-corrected chi connectivity index (χ2v) is 11.1. The summed E-state index contributed by atoms with van der Waals surface area (Å²) in [5.41, 5.74) is 9.41. The van der Waals surface area contributed by atoms with Crippen molar-refractivity contribution >= 4 is 17.6 Å². The number of benzene rings is 1. The van der Waals surface area contributed by atoms with Crippen LogP contribution in [0.1, 0.15) is 75.0 Å². The number of primary amides is 1. The highest BCUT2D eigenvalue weighted by molar-refractivity contribution is 5.95. The summed E-state index contributed by atoms with van der Waals surface area (Å²) in [6, 6.07) is 9.90. The van der Waals surface area contributed by atoms with Crippen LogP contribution in [0.5, 0.6) is 0 Å². The lowest BCUT2D eigenvalue weighted by Gasteiger charge is -2.36. The summed E-state index contributed by atoms with van der Waals surface area (Å²) < 4.78 is 1.81. The largest absolute Gasteiger partial charge is 0.364 e. The second kappa shape index (κ2) is 8.79. The van der Waals surface area contributed by atoms with Gasteiger partial charge in [-0.3, -0.25) is 4.79 Å². The number of carbonyl (C=O) groups is 2. The molecule has 6 heteroatoms. The molecule has 0 radical (unpaired) electrons. The quantitative estimate of drug-likeness (QED) is 0.529. The molecule has 2 aliphatic carbocycles. The Morgan fingerprint density at radius 3 is 2.47 bits per heavy atom. The molecule has 0 saturated heterocycles. The molecule has 6 nitrogen and oxygen atoms in total. The Morgan fingerprint density at radius 1 is 1.24 bits per heavy atom. The molecule has 1 aromatic heterocycles. The SMILES string of the molecule is CC[C@H](N(C)C(=O)Nc1cc(C(N)=O)n(Cc2ccc(C)cc2)c1)C12CCC[C@]1(C)C2C(C)C. The third kappa shape index (κ3) is 3.81. The van der Waals surface area contributed by atoms with Gasteiger partial charge >= 0.3 is 6.03 Å². The molecule has 2 saturated carbocycles. The molecule has 3 N–H and O–H groups in total. The van der Waals surface area contributed by atoms with Crippen molar-refractivity contribution in [1.29, 1.82) is 0 Å². The Kier molecular flexibility index (Phi) is 6.30. The standard InChI is InChI=1S/C28H40N4O2/c1-7-23(28-14-8-13-27(28,5)24(28)18(2)3)31(6)26(34)30-21-15-22(25(29)33)32(17-21)16-20-11-9-19(4)10-12-20/h9-12,15,17-18,23-24H,7-8,13-14,16H2,1-6H3,(H2,29,33)(H,30,34)/t23-,24?,27+,28?/m0/s1. The number of nitrogens with zero attached hydrogens (tertiary/aromatic N) is 2. The maximum Gasteiger partial charge on any atom is 0.321 e. The van der Waals surface area contributed by atoms with Gasteiger partial charge in [-0.15, -0.1) is 0 Å². The van der Waals surface area contributed by atoms with Crippen molar-refractivity contribution < 1.29 is 9.59 Å². The van der Waals surface area contributed by atoms with Gasteiger partial charge in [0.25, 0.3) is 5.91 Å². The van der Waals surface area contributed by atoms with Crippen LogP contribution in [0.2, 0.25) is 0 Å². The van der Waals surface area contributed by atoms with Crippen molar-refractivity contribution in [3.8, 4) is 0 Å². The van der Waals surface area contributed by atoms with Crippen LogP contribution >= 0.6 is 0 Å². The highest BCUT2D eigenvalue weighted by Crippen LogP contribution is 2.81. The Morgan fingerprint density at radius 2 is 1.91 bits per heavy atom. The third-order valence-electron chi connectivity index (χ3n) is 8.82. The lowest BCUT2D eigenvalue weighted by Crippen LogP contribution is -2.46. The lowest BCUT2D eigenvalue weighted by molar-refractivity contribution is 0.0992. The molecule has 2 aromatic rings. The molecule has 2 unspecified atom stereocenters. The number of urea groups is 1.